The van der Waals surface area contributed by atoms with Gasteiger partial charge in [0.15, 0.2) is 5.82 Å². The molecule has 1 aliphatic carbocycles. The molecule has 1 saturated carbocycles. The van der Waals surface area contributed by atoms with Crippen molar-refractivity contribution in [1.82, 2.24) is 9.97 Å². The zero-order valence-corrected chi connectivity index (χ0v) is 19.5. The fourth-order valence-corrected chi connectivity index (χ4v) is 4.25. The lowest BCUT2D eigenvalue weighted by molar-refractivity contribution is 0.100. The molecule has 0 bridgehead atoms. The largest absolute Gasteiger partial charge is 0.477 e. The Balaban J connectivity index is 1.84. The average molecular weight is 467 g/mol. The molecule has 0 saturated heterocycles. The van der Waals surface area contributed by atoms with Crippen molar-refractivity contribution in [2.45, 2.75) is 51.6 Å². The van der Waals surface area contributed by atoms with E-state index in [-0.39, 0.29) is 29.4 Å². The van der Waals surface area contributed by atoms with Gasteiger partial charge in [0.25, 0.3) is 5.91 Å². The van der Waals surface area contributed by atoms with Crippen molar-refractivity contribution in [2.24, 2.45) is 17.4 Å². The standard InChI is InChI=1S/C25H31FN6O2/c1-14(2)13-34-25-15-9-10-20(32-24-16(23(28)33)6-5-11-29-24)22(21(15)17(26)12-30-25)31-19-8-4-3-7-18(19)27/h5-6,9-12,14,18-19,31H,3-4,7-8,13,27H2,1-2H3,(H2,28,33)(H,29,32). The number of nitrogens with one attached hydrogen (secondary N) is 2. The minimum atomic E-state index is -0.611. The predicted octanol–water partition coefficient (Wildman–Crippen LogP) is 4.33. The monoisotopic (exact) mass is 466 g/mol. The summed E-state index contributed by atoms with van der Waals surface area (Å²) in [6, 6.07) is 6.67. The zero-order chi connectivity index (χ0) is 24.2. The molecule has 2 atom stereocenters. The van der Waals surface area contributed by atoms with Crippen molar-refractivity contribution >= 4 is 33.9 Å². The number of ether oxygens (including phenoxy) is 1. The van der Waals surface area contributed by atoms with E-state index in [1.165, 1.54) is 6.20 Å². The Morgan fingerprint density at radius 3 is 2.76 bits per heavy atom. The van der Waals surface area contributed by atoms with Crippen LogP contribution in [-0.4, -0.2) is 34.6 Å². The van der Waals surface area contributed by atoms with Crippen molar-refractivity contribution in [3.63, 3.8) is 0 Å². The van der Waals surface area contributed by atoms with E-state index in [1.54, 1.807) is 30.5 Å². The molecule has 2 heterocycles. The normalized spacial score (nSPS) is 18.1. The Morgan fingerprint density at radius 1 is 1.24 bits per heavy atom. The summed E-state index contributed by atoms with van der Waals surface area (Å²) in [6.45, 7) is 4.53. The molecule has 1 aliphatic rings. The number of fused-ring (bicyclic) bond motifs is 1. The van der Waals surface area contributed by atoms with E-state index in [1.807, 2.05) is 13.8 Å². The van der Waals surface area contributed by atoms with E-state index < -0.39 is 11.7 Å². The van der Waals surface area contributed by atoms with E-state index >= 15 is 4.39 Å². The van der Waals surface area contributed by atoms with Crippen LogP contribution >= 0.6 is 0 Å². The van der Waals surface area contributed by atoms with Crippen LogP contribution in [0.15, 0.2) is 36.7 Å². The molecule has 180 valence electrons. The first-order valence-electron chi connectivity index (χ1n) is 11.6. The third-order valence-electron chi connectivity index (χ3n) is 6.00. The van der Waals surface area contributed by atoms with Crippen LogP contribution in [-0.2, 0) is 0 Å². The highest BCUT2D eigenvalue weighted by Crippen LogP contribution is 2.39. The molecule has 1 amide bonds. The SMILES string of the molecule is CC(C)COc1ncc(F)c2c(NC3CCCCC3N)c(Nc3ncccc3C(N)=O)ccc12. The number of carbonyl (C=O) groups is 1. The molecule has 0 aliphatic heterocycles. The van der Waals surface area contributed by atoms with Crippen LogP contribution in [0.1, 0.15) is 49.9 Å². The summed E-state index contributed by atoms with van der Waals surface area (Å²) in [7, 11) is 0. The first-order chi connectivity index (χ1) is 16.3. The number of hydrogen-bond donors (Lipinski definition) is 4. The lowest BCUT2D eigenvalue weighted by Gasteiger charge is -2.31. The number of rotatable bonds is 8. The molecule has 1 fully saturated rings. The Bertz CT molecular complexity index is 1190. The van der Waals surface area contributed by atoms with E-state index in [0.717, 1.165) is 25.7 Å². The van der Waals surface area contributed by atoms with Crippen molar-refractivity contribution < 1.29 is 13.9 Å². The van der Waals surface area contributed by atoms with Gasteiger partial charge in [-0.1, -0.05) is 26.7 Å². The third-order valence-corrected chi connectivity index (χ3v) is 6.00. The van der Waals surface area contributed by atoms with Gasteiger partial charge in [0.05, 0.1) is 29.7 Å². The lowest BCUT2D eigenvalue weighted by atomic mass is 9.90. The number of primary amides is 1. The number of anilines is 3. The van der Waals surface area contributed by atoms with Gasteiger partial charge in [-0.25, -0.2) is 14.4 Å². The third kappa shape index (κ3) is 5.04. The molecule has 1 aromatic carbocycles. The number of benzene rings is 1. The van der Waals surface area contributed by atoms with Gasteiger partial charge in [-0.3, -0.25) is 4.79 Å². The average Bonchev–Trinajstić information content (AvgIpc) is 2.81. The van der Waals surface area contributed by atoms with E-state index in [9.17, 15) is 4.79 Å². The van der Waals surface area contributed by atoms with Gasteiger partial charge in [0, 0.05) is 29.1 Å². The van der Waals surface area contributed by atoms with Crippen LogP contribution in [0.25, 0.3) is 10.8 Å². The highest BCUT2D eigenvalue weighted by Gasteiger charge is 2.25. The van der Waals surface area contributed by atoms with E-state index in [4.69, 9.17) is 16.2 Å². The van der Waals surface area contributed by atoms with Crippen LogP contribution in [0, 0.1) is 11.7 Å². The van der Waals surface area contributed by atoms with Crippen LogP contribution < -0.4 is 26.8 Å². The van der Waals surface area contributed by atoms with E-state index in [2.05, 4.69) is 20.6 Å². The quantitative estimate of drug-likeness (QED) is 0.389. The maximum absolute atomic E-state index is 15.3. The highest BCUT2D eigenvalue weighted by atomic mass is 19.1. The highest BCUT2D eigenvalue weighted by molar-refractivity contribution is 6.04. The second-order valence-corrected chi connectivity index (χ2v) is 9.11. The minimum Gasteiger partial charge on any atom is -0.477 e. The molecule has 0 radical (unpaired) electrons. The minimum absolute atomic E-state index is 0.0353. The summed E-state index contributed by atoms with van der Waals surface area (Å²) in [5.74, 6) is -0.157. The number of amides is 1. The molecule has 2 aromatic heterocycles. The van der Waals surface area contributed by atoms with Crippen LogP contribution in [0.4, 0.5) is 21.6 Å². The van der Waals surface area contributed by atoms with Gasteiger partial charge < -0.3 is 26.8 Å². The van der Waals surface area contributed by atoms with Crippen molar-refractivity contribution in [3.8, 4) is 5.88 Å². The number of hydrogen-bond acceptors (Lipinski definition) is 7. The zero-order valence-electron chi connectivity index (χ0n) is 19.5. The Kier molecular flexibility index (Phi) is 7.12. The van der Waals surface area contributed by atoms with Gasteiger partial charge >= 0.3 is 0 Å². The number of nitrogens with zero attached hydrogens (tertiary/aromatic N) is 2. The first kappa shape index (κ1) is 23.7. The second kappa shape index (κ2) is 10.2. The van der Waals surface area contributed by atoms with Gasteiger partial charge in [0.1, 0.15) is 5.82 Å². The molecule has 6 N–H and O–H groups in total. The molecule has 0 spiro atoms. The molecule has 9 heteroatoms. The van der Waals surface area contributed by atoms with Gasteiger partial charge in [0.2, 0.25) is 5.88 Å². The fraction of sp³-hybridized carbons (Fsp3) is 0.400. The maximum Gasteiger partial charge on any atom is 0.252 e. The summed E-state index contributed by atoms with van der Waals surface area (Å²) >= 11 is 0. The maximum atomic E-state index is 15.3. The number of carbonyl (C=O) groups excluding carboxylic acids is 1. The summed E-state index contributed by atoms with van der Waals surface area (Å²) in [5.41, 5.74) is 13.2. The van der Waals surface area contributed by atoms with Gasteiger partial charge in [-0.15, -0.1) is 0 Å². The summed E-state index contributed by atoms with van der Waals surface area (Å²) in [4.78, 5) is 20.4. The molecule has 3 aromatic rings. The van der Waals surface area contributed by atoms with Crippen molar-refractivity contribution in [2.75, 3.05) is 17.2 Å². The summed E-state index contributed by atoms with van der Waals surface area (Å²) in [5, 5.41) is 7.55. The molecule has 8 nitrogen and oxygen atoms in total. The molecule has 4 rings (SSSR count). The number of halogens is 1. The summed E-state index contributed by atoms with van der Waals surface area (Å²) < 4.78 is 21.2. The molecular formula is C25H31FN6O2. The van der Waals surface area contributed by atoms with Gasteiger partial charge in [-0.05, 0) is 43.0 Å². The number of pyridine rings is 2. The first-order valence-corrected chi connectivity index (χ1v) is 11.6. The van der Waals surface area contributed by atoms with Crippen LogP contribution in [0.5, 0.6) is 5.88 Å². The summed E-state index contributed by atoms with van der Waals surface area (Å²) in [6.07, 6.45) is 6.60. The smallest absolute Gasteiger partial charge is 0.252 e. The van der Waals surface area contributed by atoms with Crippen molar-refractivity contribution in [1.29, 1.82) is 0 Å². The number of nitrogens with two attached hydrogens (primary N) is 2. The van der Waals surface area contributed by atoms with Crippen LogP contribution in [0.3, 0.4) is 0 Å². The molecule has 34 heavy (non-hydrogen) atoms. The Labute approximate surface area is 198 Å². The number of aromatic nitrogens is 2. The lowest BCUT2D eigenvalue weighted by Crippen LogP contribution is -2.42. The Morgan fingerprint density at radius 2 is 2.03 bits per heavy atom. The molecule has 2 unspecified atom stereocenters. The topological polar surface area (TPSA) is 128 Å². The second-order valence-electron chi connectivity index (χ2n) is 9.11. The van der Waals surface area contributed by atoms with E-state index in [0.29, 0.717) is 34.6 Å². The Hall–Kier alpha value is -3.46. The fourth-order valence-electron chi connectivity index (χ4n) is 4.25. The van der Waals surface area contributed by atoms with Gasteiger partial charge in [-0.2, -0.15) is 0 Å². The predicted molar refractivity (Wildman–Crippen MR) is 132 cm³/mol. The van der Waals surface area contributed by atoms with Crippen LogP contribution in [0.2, 0.25) is 0 Å². The van der Waals surface area contributed by atoms with Crippen molar-refractivity contribution in [3.05, 3.63) is 48.0 Å². The molecular weight excluding hydrogens is 435 g/mol.